The van der Waals surface area contributed by atoms with Gasteiger partial charge in [-0.1, -0.05) is 20.3 Å². The number of benzene rings is 1. The Morgan fingerprint density at radius 1 is 1.40 bits per heavy atom. The third-order valence-electron chi connectivity index (χ3n) is 4.07. The van der Waals surface area contributed by atoms with E-state index in [4.69, 9.17) is 4.74 Å². The van der Waals surface area contributed by atoms with Crippen molar-refractivity contribution in [3.63, 3.8) is 0 Å². The number of halogens is 1. The van der Waals surface area contributed by atoms with Gasteiger partial charge in [-0.2, -0.15) is 0 Å². The van der Waals surface area contributed by atoms with Gasteiger partial charge in [0.1, 0.15) is 11.6 Å². The topological polar surface area (TPSA) is 24.5 Å². The lowest BCUT2D eigenvalue weighted by Gasteiger charge is -2.42. The van der Waals surface area contributed by atoms with Gasteiger partial charge in [0, 0.05) is 31.2 Å². The second-order valence-electron chi connectivity index (χ2n) is 5.43. The molecular formula is C16H25FN2O. The van der Waals surface area contributed by atoms with Crippen LogP contribution in [0, 0.1) is 5.82 Å². The van der Waals surface area contributed by atoms with Crippen LogP contribution in [0.1, 0.15) is 33.1 Å². The summed E-state index contributed by atoms with van der Waals surface area (Å²) in [6, 6.07) is 5.76. The van der Waals surface area contributed by atoms with E-state index in [1.54, 1.807) is 13.2 Å². The molecule has 0 radical (unpaired) electrons. The molecule has 20 heavy (non-hydrogen) atoms. The van der Waals surface area contributed by atoms with Crippen LogP contribution < -0.4 is 15.0 Å². The summed E-state index contributed by atoms with van der Waals surface area (Å²) < 4.78 is 19.4. The monoisotopic (exact) mass is 280 g/mol. The van der Waals surface area contributed by atoms with Crippen molar-refractivity contribution in [1.29, 1.82) is 0 Å². The van der Waals surface area contributed by atoms with Gasteiger partial charge in [-0.3, -0.25) is 0 Å². The molecule has 0 aliphatic carbocycles. The normalized spacial score (nSPS) is 22.9. The second kappa shape index (κ2) is 6.93. The zero-order valence-corrected chi connectivity index (χ0v) is 12.7. The van der Waals surface area contributed by atoms with Crippen LogP contribution in [0.3, 0.4) is 0 Å². The number of rotatable bonds is 5. The Balaban J connectivity index is 2.25. The van der Waals surface area contributed by atoms with Crippen molar-refractivity contribution in [3.8, 4) is 5.75 Å². The van der Waals surface area contributed by atoms with Crippen molar-refractivity contribution in [2.75, 3.05) is 25.1 Å². The largest absolute Gasteiger partial charge is 0.497 e. The van der Waals surface area contributed by atoms with E-state index in [0.717, 1.165) is 32.4 Å². The molecule has 0 spiro atoms. The summed E-state index contributed by atoms with van der Waals surface area (Å²) in [6.45, 7) is 6.11. The summed E-state index contributed by atoms with van der Waals surface area (Å²) in [5.74, 6) is 0.545. The highest BCUT2D eigenvalue weighted by atomic mass is 19.1. The highest BCUT2D eigenvalue weighted by Gasteiger charge is 2.28. The molecule has 0 aromatic heterocycles. The molecule has 1 aromatic rings. The van der Waals surface area contributed by atoms with Gasteiger partial charge in [0.05, 0.1) is 12.8 Å². The van der Waals surface area contributed by atoms with Gasteiger partial charge in [0.2, 0.25) is 0 Å². The molecule has 1 saturated heterocycles. The predicted octanol–water partition coefficient (Wildman–Crippen LogP) is 3.19. The van der Waals surface area contributed by atoms with Crippen LogP contribution in [0.4, 0.5) is 10.1 Å². The van der Waals surface area contributed by atoms with Crippen LogP contribution in [-0.2, 0) is 0 Å². The predicted molar refractivity (Wildman–Crippen MR) is 81.1 cm³/mol. The molecule has 0 amide bonds. The van der Waals surface area contributed by atoms with Crippen LogP contribution >= 0.6 is 0 Å². The fourth-order valence-electron chi connectivity index (χ4n) is 2.91. The van der Waals surface area contributed by atoms with E-state index in [1.807, 2.05) is 6.07 Å². The molecule has 4 heteroatoms. The lowest BCUT2D eigenvalue weighted by atomic mass is 10.0. The van der Waals surface area contributed by atoms with Gasteiger partial charge >= 0.3 is 0 Å². The Morgan fingerprint density at radius 3 is 2.85 bits per heavy atom. The molecule has 3 nitrogen and oxygen atoms in total. The van der Waals surface area contributed by atoms with Crippen LogP contribution in [0.25, 0.3) is 0 Å². The van der Waals surface area contributed by atoms with Crippen molar-refractivity contribution >= 4 is 5.69 Å². The van der Waals surface area contributed by atoms with Gasteiger partial charge < -0.3 is 15.0 Å². The Hall–Kier alpha value is -1.29. The molecule has 0 bridgehead atoms. The number of piperazine rings is 1. The zero-order valence-electron chi connectivity index (χ0n) is 12.7. The van der Waals surface area contributed by atoms with E-state index >= 15 is 0 Å². The Kier molecular flexibility index (Phi) is 5.24. The fraction of sp³-hybridized carbons (Fsp3) is 0.625. The molecule has 1 N–H and O–H groups in total. The second-order valence-corrected chi connectivity index (χ2v) is 5.43. The van der Waals surface area contributed by atoms with Gasteiger partial charge in [-0.25, -0.2) is 4.39 Å². The summed E-state index contributed by atoms with van der Waals surface area (Å²) in [7, 11) is 1.62. The lowest BCUT2D eigenvalue weighted by molar-refractivity contribution is 0.365. The highest BCUT2D eigenvalue weighted by Crippen LogP contribution is 2.29. The minimum atomic E-state index is -0.165. The number of anilines is 1. The summed E-state index contributed by atoms with van der Waals surface area (Å²) in [6.07, 6.45) is 3.27. The van der Waals surface area contributed by atoms with Crippen molar-refractivity contribution in [3.05, 3.63) is 24.0 Å². The molecule has 1 aromatic carbocycles. The summed E-state index contributed by atoms with van der Waals surface area (Å²) in [4.78, 5) is 2.20. The molecule has 1 heterocycles. The van der Waals surface area contributed by atoms with Crippen LogP contribution in [0.15, 0.2) is 18.2 Å². The number of hydrogen-bond acceptors (Lipinski definition) is 3. The average Bonchev–Trinajstić information content (AvgIpc) is 2.48. The zero-order chi connectivity index (χ0) is 14.5. The minimum Gasteiger partial charge on any atom is -0.497 e. The maximum Gasteiger partial charge on any atom is 0.146 e. The Morgan fingerprint density at radius 2 is 2.20 bits per heavy atom. The first-order chi connectivity index (χ1) is 9.69. The first-order valence-corrected chi connectivity index (χ1v) is 7.53. The fourth-order valence-corrected chi connectivity index (χ4v) is 2.91. The third-order valence-corrected chi connectivity index (χ3v) is 4.07. The van der Waals surface area contributed by atoms with Crippen LogP contribution in [0.5, 0.6) is 5.75 Å². The number of nitrogens with one attached hydrogen (secondary N) is 1. The van der Waals surface area contributed by atoms with Crippen LogP contribution in [-0.4, -0.2) is 32.3 Å². The average molecular weight is 280 g/mol. The Bertz CT molecular complexity index is 438. The smallest absolute Gasteiger partial charge is 0.146 e. The van der Waals surface area contributed by atoms with Crippen LogP contribution in [0.2, 0.25) is 0 Å². The SMILES string of the molecule is CCCC1CN(c2cc(OC)ccc2F)C(CC)CN1. The first-order valence-electron chi connectivity index (χ1n) is 7.53. The molecule has 1 aliphatic heterocycles. The van der Waals surface area contributed by atoms with Gasteiger partial charge in [0.25, 0.3) is 0 Å². The number of ether oxygens (including phenoxy) is 1. The van der Waals surface area contributed by atoms with Gasteiger partial charge in [-0.15, -0.1) is 0 Å². The van der Waals surface area contributed by atoms with E-state index in [9.17, 15) is 4.39 Å². The lowest BCUT2D eigenvalue weighted by Crippen LogP contribution is -2.56. The van der Waals surface area contributed by atoms with E-state index in [1.165, 1.54) is 6.07 Å². The maximum atomic E-state index is 14.2. The van der Waals surface area contributed by atoms with E-state index in [0.29, 0.717) is 23.5 Å². The molecular weight excluding hydrogens is 255 g/mol. The summed E-state index contributed by atoms with van der Waals surface area (Å²) >= 11 is 0. The van der Waals surface area contributed by atoms with E-state index in [2.05, 4.69) is 24.1 Å². The molecule has 2 rings (SSSR count). The highest BCUT2D eigenvalue weighted by molar-refractivity contribution is 5.53. The van der Waals surface area contributed by atoms with E-state index in [-0.39, 0.29) is 5.82 Å². The quantitative estimate of drug-likeness (QED) is 0.896. The Labute approximate surface area is 121 Å². The first kappa shape index (κ1) is 15.1. The van der Waals surface area contributed by atoms with Crippen molar-refractivity contribution in [2.45, 2.75) is 45.2 Å². The molecule has 2 unspecified atom stereocenters. The summed E-state index contributed by atoms with van der Waals surface area (Å²) in [5, 5.41) is 3.57. The van der Waals surface area contributed by atoms with Crippen molar-refractivity contribution in [2.24, 2.45) is 0 Å². The maximum absolute atomic E-state index is 14.2. The van der Waals surface area contributed by atoms with Crippen molar-refractivity contribution in [1.82, 2.24) is 5.32 Å². The molecule has 1 aliphatic rings. The van der Waals surface area contributed by atoms with Gasteiger partial charge in [0.15, 0.2) is 0 Å². The summed E-state index contributed by atoms with van der Waals surface area (Å²) in [5.41, 5.74) is 0.666. The van der Waals surface area contributed by atoms with E-state index < -0.39 is 0 Å². The minimum absolute atomic E-state index is 0.165. The number of nitrogens with zero attached hydrogens (tertiary/aromatic N) is 1. The van der Waals surface area contributed by atoms with Gasteiger partial charge in [-0.05, 0) is 25.0 Å². The number of methoxy groups -OCH3 is 1. The molecule has 1 fully saturated rings. The number of hydrogen-bond donors (Lipinski definition) is 1. The standard InChI is InChI=1S/C16H25FN2O/c1-4-6-12-11-19(13(5-2)10-18-12)16-9-14(20-3)7-8-15(16)17/h7-9,12-13,18H,4-6,10-11H2,1-3H3. The van der Waals surface area contributed by atoms with Crippen molar-refractivity contribution < 1.29 is 9.13 Å². The molecule has 2 atom stereocenters. The molecule has 0 saturated carbocycles. The third kappa shape index (κ3) is 3.23. The molecule has 112 valence electrons.